The molecule has 3 rings (SSSR count). The Labute approximate surface area is 152 Å². The number of piperazine rings is 1. The fourth-order valence-corrected chi connectivity index (χ4v) is 3.18. The zero-order valence-electron chi connectivity index (χ0n) is 13.0. The molecule has 2 heterocycles. The standard InChI is InChI=1S/C14H26N4O.3ClH/c15-12-3-5-16(6-4-12)11-14(19)18-9-7-17(8-10-18)13-1-2-13;;;/h12-13H,1-11,15H2;3*1H. The van der Waals surface area contributed by atoms with Gasteiger partial charge in [0.2, 0.25) is 5.91 Å². The number of hydrogen-bond acceptors (Lipinski definition) is 4. The fraction of sp³-hybridized carbons (Fsp3) is 0.929. The van der Waals surface area contributed by atoms with Crippen molar-refractivity contribution in [3.05, 3.63) is 0 Å². The molecule has 0 aromatic carbocycles. The fourth-order valence-electron chi connectivity index (χ4n) is 3.18. The Morgan fingerprint density at radius 3 is 1.91 bits per heavy atom. The molecule has 22 heavy (non-hydrogen) atoms. The quantitative estimate of drug-likeness (QED) is 0.799. The molecule has 5 nitrogen and oxygen atoms in total. The number of nitrogens with zero attached hydrogens (tertiary/aromatic N) is 3. The average Bonchev–Trinajstić information content (AvgIpc) is 3.26. The lowest BCUT2D eigenvalue weighted by molar-refractivity contribution is -0.134. The van der Waals surface area contributed by atoms with E-state index in [-0.39, 0.29) is 37.2 Å². The van der Waals surface area contributed by atoms with E-state index in [0.717, 1.165) is 58.2 Å². The van der Waals surface area contributed by atoms with Gasteiger partial charge >= 0.3 is 0 Å². The Morgan fingerprint density at radius 1 is 0.864 bits per heavy atom. The van der Waals surface area contributed by atoms with Crippen LogP contribution >= 0.6 is 37.2 Å². The number of hydrogen-bond donors (Lipinski definition) is 1. The second-order valence-corrected chi connectivity index (χ2v) is 6.26. The minimum atomic E-state index is 0. The van der Waals surface area contributed by atoms with E-state index in [9.17, 15) is 4.79 Å². The third-order valence-electron chi connectivity index (χ3n) is 4.72. The van der Waals surface area contributed by atoms with Crippen LogP contribution in [0.4, 0.5) is 0 Å². The van der Waals surface area contributed by atoms with E-state index in [1.807, 2.05) is 4.90 Å². The number of amides is 1. The monoisotopic (exact) mass is 374 g/mol. The SMILES string of the molecule is Cl.Cl.Cl.NC1CCN(CC(=O)N2CCN(C3CC3)CC2)CC1. The van der Waals surface area contributed by atoms with Crippen LogP contribution < -0.4 is 5.73 Å². The summed E-state index contributed by atoms with van der Waals surface area (Å²) in [5.74, 6) is 0.311. The molecule has 2 aliphatic heterocycles. The van der Waals surface area contributed by atoms with Crippen LogP contribution in [0.5, 0.6) is 0 Å². The van der Waals surface area contributed by atoms with Gasteiger partial charge in [-0.25, -0.2) is 0 Å². The first-order chi connectivity index (χ1) is 9.22. The van der Waals surface area contributed by atoms with Crippen molar-refractivity contribution < 1.29 is 4.79 Å². The predicted molar refractivity (Wildman–Crippen MR) is 96.6 cm³/mol. The summed E-state index contributed by atoms with van der Waals surface area (Å²) in [6, 6.07) is 1.18. The summed E-state index contributed by atoms with van der Waals surface area (Å²) in [4.78, 5) is 19.1. The maximum absolute atomic E-state index is 12.3. The average molecular weight is 376 g/mol. The van der Waals surface area contributed by atoms with Gasteiger partial charge in [-0.05, 0) is 25.7 Å². The second kappa shape index (κ2) is 10.2. The number of likely N-dealkylation sites (tertiary alicyclic amines) is 1. The number of halogens is 3. The molecule has 8 heteroatoms. The molecule has 132 valence electrons. The van der Waals surface area contributed by atoms with Crippen molar-refractivity contribution >= 4 is 43.1 Å². The maximum atomic E-state index is 12.3. The molecule has 0 spiro atoms. The lowest BCUT2D eigenvalue weighted by Crippen LogP contribution is -2.52. The van der Waals surface area contributed by atoms with Crippen molar-refractivity contribution in [3.63, 3.8) is 0 Å². The molecule has 0 radical (unpaired) electrons. The van der Waals surface area contributed by atoms with Crippen LogP contribution in [0.1, 0.15) is 25.7 Å². The smallest absolute Gasteiger partial charge is 0.236 e. The summed E-state index contributed by atoms with van der Waals surface area (Å²) >= 11 is 0. The lowest BCUT2D eigenvalue weighted by atomic mass is 10.1. The summed E-state index contributed by atoms with van der Waals surface area (Å²) in [6.07, 6.45) is 4.79. The first-order valence-corrected chi connectivity index (χ1v) is 7.72. The van der Waals surface area contributed by atoms with Crippen molar-refractivity contribution in [1.29, 1.82) is 0 Å². The van der Waals surface area contributed by atoms with Gasteiger partial charge < -0.3 is 10.6 Å². The Kier molecular flexibility index (Phi) is 10.3. The van der Waals surface area contributed by atoms with Crippen molar-refractivity contribution in [1.82, 2.24) is 14.7 Å². The van der Waals surface area contributed by atoms with E-state index in [4.69, 9.17) is 5.73 Å². The van der Waals surface area contributed by atoms with E-state index in [1.54, 1.807) is 0 Å². The van der Waals surface area contributed by atoms with Gasteiger partial charge in [0, 0.05) is 51.4 Å². The maximum Gasteiger partial charge on any atom is 0.236 e. The number of nitrogens with two attached hydrogens (primary N) is 1. The number of carbonyl (C=O) groups is 1. The lowest BCUT2D eigenvalue weighted by Gasteiger charge is -2.37. The highest BCUT2D eigenvalue weighted by atomic mass is 35.5. The van der Waals surface area contributed by atoms with E-state index >= 15 is 0 Å². The summed E-state index contributed by atoms with van der Waals surface area (Å²) < 4.78 is 0. The highest BCUT2D eigenvalue weighted by molar-refractivity contribution is 5.86. The van der Waals surface area contributed by atoms with E-state index < -0.39 is 0 Å². The second-order valence-electron chi connectivity index (χ2n) is 6.26. The van der Waals surface area contributed by atoms with Crippen molar-refractivity contribution in [2.45, 2.75) is 37.8 Å². The molecule has 1 aliphatic carbocycles. The molecule has 2 saturated heterocycles. The topological polar surface area (TPSA) is 52.8 Å². The predicted octanol–water partition coefficient (Wildman–Crippen LogP) is 0.981. The van der Waals surface area contributed by atoms with Crippen molar-refractivity contribution in [3.8, 4) is 0 Å². The van der Waals surface area contributed by atoms with Crippen LogP contribution in [-0.4, -0.2) is 78.5 Å². The van der Waals surface area contributed by atoms with Gasteiger partial charge in [-0.3, -0.25) is 14.6 Å². The molecular weight excluding hydrogens is 347 g/mol. The molecule has 3 fully saturated rings. The van der Waals surface area contributed by atoms with Gasteiger partial charge in [-0.1, -0.05) is 0 Å². The summed E-state index contributed by atoms with van der Waals surface area (Å²) in [7, 11) is 0. The summed E-state index contributed by atoms with van der Waals surface area (Å²) in [5.41, 5.74) is 5.89. The molecular formula is C14H29Cl3N4O. The van der Waals surface area contributed by atoms with Crippen LogP contribution in [0.2, 0.25) is 0 Å². The highest BCUT2D eigenvalue weighted by Crippen LogP contribution is 2.27. The third-order valence-corrected chi connectivity index (χ3v) is 4.72. The molecule has 0 unspecified atom stereocenters. The highest BCUT2D eigenvalue weighted by Gasteiger charge is 2.32. The number of carbonyl (C=O) groups excluding carboxylic acids is 1. The Hall–Kier alpha value is 0.220. The number of piperidine rings is 1. The van der Waals surface area contributed by atoms with Gasteiger partial charge in [0.1, 0.15) is 0 Å². The van der Waals surface area contributed by atoms with Crippen LogP contribution in [0.3, 0.4) is 0 Å². The minimum absolute atomic E-state index is 0. The summed E-state index contributed by atoms with van der Waals surface area (Å²) in [6.45, 7) is 6.54. The first-order valence-electron chi connectivity index (χ1n) is 7.72. The van der Waals surface area contributed by atoms with Crippen LogP contribution in [0.15, 0.2) is 0 Å². The van der Waals surface area contributed by atoms with Crippen molar-refractivity contribution in [2.24, 2.45) is 5.73 Å². The molecule has 0 bridgehead atoms. The summed E-state index contributed by atoms with van der Waals surface area (Å²) in [5, 5.41) is 0. The van der Waals surface area contributed by atoms with Gasteiger partial charge in [0.05, 0.1) is 6.54 Å². The van der Waals surface area contributed by atoms with Gasteiger partial charge in [-0.15, -0.1) is 37.2 Å². The molecule has 0 aromatic rings. The zero-order chi connectivity index (χ0) is 13.2. The molecule has 0 atom stereocenters. The normalized spacial score (nSPS) is 24.0. The molecule has 1 amide bonds. The van der Waals surface area contributed by atoms with Crippen LogP contribution in [0.25, 0.3) is 0 Å². The molecule has 2 N–H and O–H groups in total. The van der Waals surface area contributed by atoms with Crippen molar-refractivity contribution in [2.75, 3.05) is 45.8 Å². The van der Waals surface area contributed by atoms with Crippen LogP contribution in [0, 0.1) is 0 Å². The Bertz CT molecular complexity index is 328. The largest absolute Gasteiger partial charge is 0.339 e. The first kappa shape index (κ1) is 22.2. The third kappa shape index (κ3) is 6.02. The molecule has 3 aliphatic rings. The van der Waals surface area contributed by atoms with Gasteiger partial charge in [0.15, 0.2) is 0 Å². The van der Waals surface area contributed by atoms with E-state index in [1.165, 1.54) is 12.8 Å². The van der Waals surface area contributed by atoms with Gasteiger partial charge in [0.25, 0.3) is 0 Å². The Morgan fingerprint density at radius 2 is 1.41 bits per heavy atom. The Balaban J connectivity index is 0.00000147. The van der Waals surface area contributed by atoms with E-state index in [2.05, 4.69) is 9.80 Å². The van der Waals surface area contributed by atoms with Crippen LogP contribution in [-0.2, 0) is 4.79 Å². The molecule has 1 saturated carbocycles. The van der Waals surface area contributed by atoms with E-state index in [0.29, 0.717) is 18.5 Å². The minimum Gasteiger partial charge on any atom is -0.339 e. The van der Waals surface area contributed by atoms with Gasteiger partial charge in [-0.2, -0.15) is 0 Å². The zero-order valence-corrected chi connectivity index (χ0v) is 15.4. The molecule has 0 aromatic heterocycles. The number of rotatable bonds is 3.